The van der Waals surface area contributed by atoms with E-state index in [-0.39, 0.29) is 30.3 Å². The lowest BCUT2D eigenvalue weighted by atomic mass is 9.91. The summed E-state index contributed by atoms with van der Waals surface area (Å²) in [5, 5.41) is 8.97. The fraction of sp³-hybridized carbons (Fsp3) is 0.857. The smallest absolute Gasteiger partial charge is 0.225 e. The number of likely N-dealkylation sites (tertiary alicyclic amines) is 2. The molecule has 0 spiro atoms. The normalized spacial score (nSPS) is 25.3. The van der Waals surface area contributed by atoms with Crippen molar-refractivity contribution in [1.82, 2.24) is 9.80 Å². The van der Waals surface area contributed by atoms with E-state index in [1.807, 2.05) is 9.80 Å². The molecular weight excluding hydrogens is 244 g/mol. The van der Waals surface area contributed by atoms with Gasteiger partial charge in [-0.2, -0.15) is 0 Å². The number of aliphatic hydroxyl groups excluding tert-OH is 1. The van der Waals surface area contributed by atoms with E-state index in [4.69, 9.17) is 5.11 Å². The van der Waals surface area contributed by atoms with Gasteiger partial charge in [-0.05, 0) is 25.7 Å². The van der Waals surface area contributed by atoms with Crippen molar-refractivity contribution in [2.24, 2.45) is 17.8 Å². The van der Waals surface area contributed by atoms with Gasteiger partial charge in [0, 0.05) is 50.5 Å². The van der Waals surface area contributed by atoms with Gasteiger partial charge >= 0.3 is 0 Å². The lowest BCUT2D eigenvalue weighted by Crippen LogP contribution is -2.54. The van der Waals surface area contributed by atoms with Crippen LogP contribution in [0.2, 0.25) is 0 Å². The van der Waals surface area contributed by atoms with Crippen LogP contribution in [0, 0.1) is 17.8 Å². The van der Waals surface area contributed by atoms with E-state index in [1.54, 1.807) is 0 Å². The molecule has 5 nitrogen and oxygen atoms in total. The highest BCUT2D eigenvalue weighted by Crippen LogP contribution is 2.33. The molecule has 0 aromatic heterocycles. The molecule has 2 saturated heterocycles. The van der Waals surface area contributed by atoms with Crippen molar-refractivity contribution < 1.29 is 14.7 Å². The fourth-order valence-corrected chi connectivity index (χ4v) is 3.06. The zero-order chi connectivity index (χ0) is 13.4. The molecule has 1 saturated carbocycles. The van der Waals surface area contributed by atoms with Gasteiger partial charge in [0.1, 0.15) is 0 Å². The molecule has 0 radical (unpaired) electrons. The molecule has 2 heterocycles. The van der Waals surface area contributed by atoms with Gasteiger partial charge < -0.3 is 14.9 Å². The number of carbonyl (C=O) groups excluding carboxylic acids is 2. The number of hydrogen-bond donors (Lipinski definition) is 1. The zero-order valence-electron chi connectivity index (χ0n) is 11.3. The quantitative estimate of drug-likeness (QED) is 0.787. The average Bonchev–Trinajstić information content (AvgIpc) is 3.21. The summed E-state index contributed by atoms with van der Waals surface area (Å²) in [4.78, 5) is 27.9. The zero-order valence-corrected chi connectivity index (χ0v) is 11.3. The van der Waals surface area contributed by atoms with Crippen molar-refractivity contribution in [3.63, 3.8) is 0 Å². The van der Waals surface area contributed by atoms with Gasteiger partial charge in [-0.1, -0.05) is 0 Å². The number of hydrogen-bond acceptors (Lipinski definition) is 3. The Morgan fingerprint density at radius 3 is 1.95 bits per heavy atom. The summed E-state index contributed by atoms with van der Waals surface area (Å²) in [5.41, 5.74) is 0. The molecule has 2 amide bonds. The minimum atomic E-state index is 0.0860. The lowest BCUT2D eigenvalue weighted by Gasteiger charge is -2.42. The van der Waals surface area contributed by atoms with Crippen molar-refractivity contribution in [2.75, 3.05) is 32.8 Å². The van der Waals surface area contributed by atoms with Gasteiger partial charge in [0.2, 0.25) is 11.8 Å². The lowest BCUT2D eigenvalue weighted by molar-refractivity contribution is -0.146. The minimum absolute atomic E-state index is 0.0860. The van der Waals surface area contributed by atoms with Crippen LogP contribution in [0.15, 0.2) is 0 Å². The van der Waals surface area contributed by atoms with Gasteiger partial charge in [-0.3, -0.25) is 9.59 Å². The third kappa shape index (κ3) is 2.61. The molecule has 0 unspecified atom stereocenters. The maximum atomic E-state index is 12.2. The maximum Gasteiger partial charge on any atom is 0.225 e. The van der Waals surface area contributed by atoms with Crippen molar-refractivity contribution in [3.8, 4) is 0 Å². The first-order valence-corrected chi connectivity index (χ1v) is 7.37. The summed E-state index contributed by atoms with van der Waals surface area (Å²) >= 11 is 0. The Labute approximate surface area is 113 Å². The number of rotatable bonds is 3. The summed E-state index contributed by atoms with van der Waals surface area (Å²) in [6, 6.07) is 0. The third-order valence-corrected chi connectivity index (χ3v) is 4.61. The summed E-state index contributed by atoms with van der Waals surface area (Å²) < 4.78 is 0. The average molecular weight is 266 g/mol. The molecule has 3 rings (SSSR count). The predicted octanol–water partition coefficient (Wildman–Crippen LogP) is 0.0857. The summed E-state index contributed by atoms with van der Waals surface area (Å²) in [6.45, 7) is 3.07. The highest BCUT2D eigenvalue weighted by Gasteiger charge is 2.38. The summed E-state index contributed by atoms with van der Waals surface area (Å²) in [5.74, 6) is 1.18. The van der Waals surface area contributed by atoms with Crippen LogP contribution in [0.25, 0.3) is 0 Å². The van der Waals surface area contributed by atoms with E-state index in [0.29, 0.717) is 19.0 Å². The molecule has 106 valence electrons. The van der Waals surface area contributed by atoms with Crippen LogP contribution >= 0.6 is 0 Å². The number of nitrogens with zero attached hydrogens (tertiary/aromatic N) is 2. The second-order valence-electron chi connectivity index (χ2n) is 6.17. The molecule has 19 heavy (non-hydrogen) atoms. The first-order chi connectivity index (χ1) is 9.19. The Morgan fingerprint density at radius 1 is 0.895 bits per heavy atom. The number of piperidine rings is 1. The van der Waals surface area contributed by atoms with Crippen molar-refractivity contribution in [1.29, 1.82) is 0 Å². The van der Waals surface area contributed by atoms with Gasteiger partial charge in [-0.25, -0.2) is 0 Å². The Balaban J connectivity index is 1.44. The molecular formula is C14H22N2O3. The van der Waals surface area contributed by atoms with Gasteiger partial charge in [0.05, 0.1) is 0 Å². The molecule has 3 aliphatic rings. The van der Waals surface area contributed by atoms with Crippen LogP contribution < -0.4 is 0 Å². The largest absolute Gasteiger partial charge is 0.396 e. The molecule has 3 fully saturated rings. The molecule has 5 heteroatoms. The second-order valence-corrected chi connectivity index (χ2v) is 6.17. The Kier molecular flexibility index (Phi) is 3.48. The van der Waals surface area contributed by atoms with Gasteiger partial charge in [0.15, 0.2) is 0 Å². The molecule has 0 atom stereocenters. The number of amides is 2. The first-order valence-electron chi connectivity index (χ1n) is 7.37. The van der Waals surface area contributed by atoms with Crippen molar-refractivity contribution in [3.05, 3.63) is 0 Å². The van der Waals surface area contributed by atoms with Gasteiger partial charge in [-0.15, -0.1) is 0 Å². The molecule has 1 aliphatic carbocycles. The predicted molar refractivity (Wildman–Crippen MR) is 69.2 cm³/mol. The Hall–Kier alpha value is -1.10. The summed E-state index contributed by atoms with van der Waals surface area (Å²) in [6.07, 6.45) is 3.71. The van der Waals surface area contributed by atoms with E-state index in [9.17, 15) is 9.59 Å². The molecule has 0 aromatic rings. The molecule has 0 bridgehead atoms. The first kappa shape index (κ1) is 12.9. The maximum absolute atomic E-state index is 12.2. The highest BCUT2D eigenvalue weighted by atomic mass is 16.3. The summed E-state index contributed by atoms with van der Waals surface area (Å²) in [7, 11) is 0. The Morgan fingerprint density at radius 2 is 1.42 bits per heavy atom. The van der Waals surface area contributed by atoms with Crippen LogP contribution in [0.4, 0.5) is 0 Å². The van der Waals surface area contributed by atoms with E-state index in [2.05, 4.69) is 0 Å². The monoisotopic (exact) mass is 266 g/mol. The van der Waals surface area contributed by atoms with Crippen molar-refractivity contribution in [2.45, 2.75) is 25.7 Å². The number of aliphatic hydroxyl groups is 1. The van der Waals surface area contributed by atoms with E-state index < -0.39 is 0 Å². The van der Waals surface area contributed by atoms with E-state index in [1.165, 1.54) is 0 Å². The van der Waals surface area contributed by atoms with Crippen molar-refractivity contribution >= 4 is 11.8 Å². The third-order valence-electron chi connectivity index (χ3n) is 4.61. The Bertz CT molecular complexity index is 367. The van der Waals surface area contributed by atoms with Crippen LogP contribution in [0.5, 0.6) is 0 Å². The van der Waals surface area contributed by atoms with Crippen LogP contribution in [-0.4, -0.2) is 59.5 Å². The topological polar surface area (TPSA) is 60.9 Å². The number of carbonyl (C=O) groups is 2. The minimum Gasteiger partial charge on any atom is -0.396 e. The molecule has 1 N–H and O–H groups in total. The van der Waals surface area contributed by atoms with E-state index in [0.717, 1.165) is 38.8 Å². The second kappa shape index (κ2) is 5.12. The van der Waals surface area contributed by atoms with E-state index >= 15 is 0 Å². The van der Waals surface area contributed by atoms with Crippen LogP contribution in [-0.2, 0) is 9.59 Å². The highest BCUT2D eigenvalue weighted by molar-refractivity contribution is 5.82. The standard InChI is InChI=1S/C14H22N2O3/c17-9-10-7-16(8-10)14(19)12-3-5-15(6-4-12)13(18)11-1-2-11/h10-12,17H,1-9H2. The molecule has 2 aliphatic heterocycles. The fourth-order valence-electron chi connectivity index (χ4n) is 3.06. The molecule has 0 aromatic carbocycles. The van der Waals surface area contributed by atoms with Crippen LogP contribution in [0.3, 0.4) is 0 Å². The van der Waals surface area contributed by atoms with Gasteiger partial charge in [0.25, 0.3) is 0 Å². The van der Waals surface area contributed by atoms with Crippen LogP contribution in [0.1, 0.15) is 25.7 Å². The SMILES string of the molecule is O=C(C1CC1)N1CCC(C(=O)N2CC(CO)C2)CC1.